The highest BCUT2D eigenvalue weighted by atomic mass is 32.1. The summed E-state index contributed by atoms with van der Waals surface area (Å²) in [5, 5.41) is 6.45. The quantitative estimate of drug-likeness (QED) is 0.903. The highest BCUT2D eigenvalue weighted by Gasteiger charge is 2.16. The second kappa shape index (κ2) is 5.54. The average molecular weight is 265 g/mol. The van der Waals surface area contributed by atoms with Gasteiger partial charge in [0, 0.05) is 24.7 Å². The maximum atomic E-state index is 6.27. The SMILES string of the molecule is CCn1nc(C)cc1CC(N)c1sccc1OC. The summed E-state index contributed by atoms with van der Waals surface area (Å²) in [5.41, 5.74) is 8.49. The molecule has 98 valence electrons. The Labute approximate surface area is 111 Å². The Morgan fingerprint density at radius 2 is 2.33 bits per heavy atom. The smallest absolute Gasteiger partial charge is 0.134 e. The Kier molecular flexibility index (Phi) is 4.04. The molecule has 0 aliphatic carbocycles. The monoisotopic (exact) mass is 265 g/mol. The number of hydrogen-bond donors (Lipinski definition) is 1. The lowest BCUT2D eigenvalue weighted by molar-refractivity contribution is 0.408. The van der Waals surface area contributed by atoms with Crippen LogP contribution in [0.25, 0.3) is 0 Å². The topological polar surface area (TPSA) is 53.1 Å². The van der Waals surface area contributed by atoms with E-state index in [0.717, 1.165) is 29.3 Å². The molecule has 0 aliphatic heterocycles. The molecule has 2 aromatic rings. The lowest BCUT2D eigenvalue weighted by Crippen LogP contribution is -2.15. The molecule has 0 saturated heterocycles. The number of methoxy groups -OCH3 is 1. The van der Waals surface area contributed by atoms with E-state index >= 15 is 0 Å². The molecule has 0 radical (unpaired) electrons. The van der Waals surface area contributed by atoms with Crippen LogP contribution in [-0.4, -0.2) is 16.9 Å². The summed E-state index contributed by atoms with van der Waals surface area (Å²) >= 11 is 1.64. The minimum absolute atomic E-state index is 0.0404. The van der Waals surface area contributed by atoms with E-state index in [1.54, 1.807) is 18.4 Å². The molecule has 2 heterocycles. The fraction of sp³-hybridized carbons (Fsp3) is 0.462. The van der Waals surface area contributed by atoms with Crippen molar-refractivity contribution in [2.45, 2.75) is 32.9 Å². The molecule has 1 atom stereocenters. The Morgan fingerprint density at radius 3 is 3.00 bits per heavy atom. The van der Waals surface area contributed by atoms with Gasteiger partial charge in [-0.25, -0.2) is 0 Å². The molecule has 18 heavy (non-hydrogen) atoms. The molecule has 0 bridgehead atoms. The van der Waals surface area contributed by atoms with Crippen LogP contribution >= 0.6 is 11.3 Å². The van der Waals surface area contributed by atoms with E-state index in [0.29, 0.717) is 0 Å². The lowest BCUT2D eigenvalue weighted by Gasteiger charge is -2.12. The predicted octanol–water partition coefficient (Wildman–Crippen LogP) is 2.52. The maximum Gasteiger partial charge on any atom is 0.134 e. The van der Waals surface area contributed by atoms with Crippen LogP contribution in [-0.2, 0) is 13.0 Å². The van der Waals surface area contributed by atoms with Gasteiger partial charge >= 0.3 is 0 Å². The molecule has 0 aromatic carbocycles. The fourth-order valence-corrected chi connectivity index (χ4v) is 2.97. The third-order valence-electron chi connectivity index (χ3n) is 2.93. The van der Waals surface area contributed by atoms with Crippen molar-refractivity contribution < 1.29 is 4.74 Å². The van der Waals surface area contributed by atoms with Gasteiger partial charge in [0.15, 0.2) is 0 Å². The standard InChI is InChI=1S/C13H19N3OS/c1-4-16-10(7-9(2)15-16)8-11(14)13-12(17-3)5-6-18-13/h5-7,11H,4,8,14H2,1-3H3. The molecule has 4 nitrogen and oxygen atoms in total. The van der Waals surface area contributed by atoms with Gasteiger partial charge in [-0.3, -0.25) is 4.68 Å². The Morgan fingerprint density at radius 1 is 1.56 bits per heavy atom. The molecule has 0 saturated carbocycles. The van der Waals surface area contributed by atoms with Crippen molar-refractivity contribution in [3.63, 3.8) is 0 Å². The minimum atomic E-state index is -0.0404. The zero-order chi connectivity index (χ0) is 13.1. The van der Waals surface area contributed by atoms with Crippen LogP contribution in [0.1, 0.15) is 29.2 Å². The van der Waals surface area contributed by atoms with Gasteiger partial charge in [-0.05, 0) is 31.4 Å². The van der Waals surface area contributed by atoms with Crippen molar-refractivity contribution in [1.29, 1.82) is 0 Å². The number of aryl methyl sites for hydroxylation is 2. The predicted molar refractivity (Wildman–Crippen MR) is 74.1 cm³/mol. The number of hydrogen-bond acceptors (Lipinski definition) is 4. The van der Waals surface area contributed by atoms with Crippen LogP contribution in [0.5, 0.6) is 5.75 Å². The normalized spacial score (nSPS) is 12.7. The van der Waals surface area contributed by atoms with Crippen LogP contribution in [0.4, 0.5) is 0 Å². The second-order valence-electron chi connectivity index (χ2n) is 4.26. The Bertz CT molecular complexity index is 518. The highest BCUT2D eigenvalue weighted by molar-refractivity contribution is 7.10. The van der Waals surface area contributed by atoms with Crippen molar-refractivity contribution in [1.82, 2.24) is 9.78 Å². The maximum absolute atomic E-state index is 6.27. The van der Waals surface area contributed by atoms with Crippen molar-refractivity contribution >= 4 is 11.3 Å². The molecule has 0 amide bonds. The van der Waals surface area contributed by atoms with Crippen LogP contribution in [0.3, 0.4) is 0 Å². The summed E-state index contributed by atoms with van der Waals surface area (Å²) in [6.45, 7) is 4.97. The van der Waals surface area contributed by atoms with Gasteiger partial charge in [0.25, 0.3) is 0 Å². The third-order valence-corrected chi connectivity index (χ3v) is 3.96. The van der Waals surface area contributed by atoms with Crippen LogP contribution in [0.2, 0.25) is 0 Å². The van der Waals surface area contributed by atoms with Crippen molar-refractivity contribution in [2.75, 3.05) is 7.11 Å². The fourth-order valence-electron chi connectivity index (χ4n) is 2.10. The number of nitrogens with two attached hydrogens (primary N) is 1. The van der Waals surface area contributed by atoms with Crippen molar-refractivity contribution in [2.24, 2.45) is 5.73 Å². The first-order valence-corrected chi connectivity index (χ1v) is 6.94. The summed E-state index contributed by atoms with van der Waals surface area (Å²) in [5.74, 6) is 0.881. The van der Waals surface area contributed by atoms with Crippen molar-refractivity contribution in [3.8, 4) is 5.75 Å². The van der Waals surface area contributed by atoms with Gasteiger partial charge in [0.05, 0.1) is 17.7 Å². The molecular formula is C13H19N3OS. The summed E-state index contributed by atoms with van der Waals surface area (Å²) in [4.78, 5) is 1.10. The molecule has 0 spiro atoms. The number of aromatic nitrogens is 2. The van der Waals surface area contributed by atoms with E-state index < -0.39 is 0 Å². The summed E-state index contributed by atoms with van der Waals surface area (Å²) in [7, 11) is 1.68. The highest BCUT2D eigenvalue weighted by Crippen LogP contribution is 2.31. The van der Waals surface area contributed by atoms with Gasteiger partial charge in [-0.1, -0.05) is 0 Å². The molecule has 5 heteroatoms. The molecule has 2 aromatic heterocycles. The molecular weight excluding hydrogens is 246 g/mol. The lowest BCUT2D eigenvalue weighted by atomic mass is 10.1. The van der Waals surface area contributed by atoms with Gasteiger partial charge in [0.1, 0.15) is 5.75 Å². The van der Waals surface area contributed by atoms with E-state index in [1.165, 1.54) is 5.69 Å². The van der Waals surface area contributed by atoms with E-state index in [-0.39, 0.29) is 6.04 Å². The zero-order valence-corrected chi connectivity index (χ0v) is 11.8. The Hall–Kier alpha value is -1.33. The van der Waals surface area contributed by atoms with Crippen molar-refractivity contribution in [3.05, 3.63) is 33.8 Å². The van der Waals surface area contributed by atoms with Gasteiger partial charge in [-0.15, -0.1) is 11.3 Å². The second-order valence-corrected chi connectivity index (χ2v) is 5.20. The van der Waals surface area contributed by atoms with Crippen LogP contribution in [0.15, 0.2) is 17.5 Å². The number of nitrogens with zero attached hydrogens (tertiary/aromatic N) is 2. The van der Waals surface area contributed by atoms with E-state index in [4.69, 9.17) is 10.5 Å². The van der Waals surface area contributed by atoms with Crippen LogP contribution < -0.4 is 10.5 Å². The number of rotatable bonds is 5. The largest absolute Gasteiger partial charge is 0.496 e. The molecule has 0 aliphatic rings. The molecule has 2 rings (SSSR count). The minimum Gasteiger partial charge on any atom is -0.496 e. The summed E-state index contributed by atoms with van der Waals surface area (Å²) in [6, 6.07) is 4.02. The molecule has 0 fully saturated rings. The van der Waals surface area contributed by atoms with E-state index in [1.807, 2.05) is 23.1 Å². The first kappa shape index (κ1) is 13.1. The zero-order valence-electron chi connectivity index (χ0n) is 11.0. The first-order valence-electron chi connectivity index (χ1n) is 6.06. The number of thiophene rings is 1. The Balaban J connectivity index is 2.18. The van der Waals surface area contributed by atoms with Gasteiger partial charge < -0.3 is 10.5 Å². The first-order chi connectivity index (χ1) is 8.65. The third kappa shape index (κ3) is 2.57. The summed E-state index contributed by atoms with van der Waals surface area (Å²) < 4.78 is 7.32. The van der Waals surface area contributed by atoms with Gasteiger partial charge in [0.2, 0.25) is 0 Å². The number of ether oxygens (including phenoxy) is 1. The molecule has 1 unspecified atom stereocenters. The van der Waals surface area contributed by atoms with E-state index in [2.05, 4.69) is 18.1 Å². The van der Waals surface area contributed by atoms with Gasteiger partial charge in [-0.2, -0.15) is 5.10 Å². The van der Waals surface area contributed by atoms with E-state index in [9.17, 15) is 0 Å². The molecule has 2 N–H and O–H groups in total. The average Bonchev–Trinajstić information content (AvgIpc) is 2.95. The summed E-state index contributed by atoms with van der Waals surface area (Å²) in [6.07, 6.45) is 0.783. The van der Waals surface area contributed by atoms with Crippen LogP contribution in [0, 0.1) is 6.92 Å².